The second-order valence-electron chi connectivity index (χ2n) is 8.49. The van der Waals surface area contributed by atoms with Crippen LogP contribution in [-0.2, 0) is 25.2 Å². The highest BCUT2D eigenvalue weighted by Gasteiger charge is 2.43. The Hall–Kier alpha value is -1.34. The van der Waals surface area contributed by atoms with Crippen LogP contribution in [0.15, 0.2) is 36.6 Å². The number of hydrogen-bond acceptors (Lipinski definition) is 5. The molecule has 3 atom stereocenters. The van der Waals surface area contributed by atoms with Crippen molar-refractivity contribution in [1.82, 2.24) is 0 Å². The molecule has 1 heterocycles. The Morgan fingerprint density at radius 3 is 2.30 bits per heavy atom. The lowest BCUT2D eigenvalue weighted by atomic mass is 10.1. The van der Waals surface area contributed by atoms with Crippen LogP contribution >= 0.6 is 0 Å². The summed E-state index contributed by atoms with van der Waals surface area (Å²) in [4.78, 5) is 0. The third-order valence-electron chi connectivity index (χ3n) is 5.48. The zero-order valence-corrected chi connectivity index (χ0v) is 18.7. The Bertz CT molecular complexity index is 620. The van der Waals surface area contributed by atoms with Gasteiger partial charge in [-0.15, -0.1) is 0 Å². The maximum atomic E-state index is 6.52. The topological polar surface area (TPSA) is 46.2 Å². The number of methoxy groups -OCH3 is 2. The van der Waals surface area contributed by atoms with Crippen LogP contribution in [0.4, 0.5) is 0 Å². The second kappa shape index (κ2) is 8.77. The summed E-state index contributed by atoms with van der Waals surface area (Å²) < 4.78 is 29.2. The molecule has 1 aliphatic rings. The van der Waals surface area contributed by atoms with Crippen LogP contribution in [0.5, 0.6) is 5.75 Å². The fourth-order valence-electron chi connectivity index (χ4n) is 2.67. The summed E-state index contributed by atoms with van der Waals surface area (Å²) in [7, 11) is 1.33. The van der Waals surface area contributed by atoms with E-state index in [1.54, 1.807) is 14.2 Å². The molecule has 1 saturated heterocycles. The van der Waals surface area contributed by atoms with Gasteiger partial charge in [-0.25, -0.2) is 0 Å². The summed E-state index contributed by atoms with van der Waals surface area (Å²) >= 11 is 0. The number of benzene rings is 1. The minimum Gasteiger partial charge on any atom is -0.497 e. The molecule has 2 rings (SSSR count). The van der Waals surface area contributed by atoms with Gasteiger partial charge in [0.05, 0.1) is 13.7 Å². The van der Waals surface area contributed by atoms with Gasteiger partial charge in [-0.2, -0.15) is 0 Å². The van der Waals surface area contributed by atoms with Crippen LogP contribution in [0, 0.1) is 0 Å². The Kier molecular flexibility index (Phi) is 7.13. The molecule has 0 spiro atoms. The molecular formula is C21H34O5Si. The molecule has 1 aromatic carbocycles. The van der Waals surface area contributed by atoms with Crippen molar-refractivity contribution >= 4 is 8.32 Å². The predicted octanol–water partition coefficient (Wildman–Crippen LogP) is 4.88. The van der Waals surface area contributed by atoms with Crippen molar-refractivity contribution in [2.45, 2.75) is 70.4 Å². The number of ether oxygens (including phenoxy) is 4. The van der Waals surface area contributed by atoms with E-state index >= 15 is 0 Å². The third-order valence-corrected chi connectivity index (χ3v) is 9.96. The van der Waals surface area contributed by atoms with E-state index in [-0.39, 0.29) is 17.2 Å². The fraction of sp³-hybridized carbons (Fsp3) is 0.619. The highest BCUT2D eigenvalue weighted by molar-refractivity contribution is 6.74. The van der Waals surface area contributed by atoms with Crippen molar-refractivity contribution in [3.8, 4) is 5.75 Å². The standard InChI is InChI=1S/C21H34O5Si/c1-15-18(26-27(7,8)21(2,3)4)13-19(20(23-6)25-15)24-14-16-9-11-17(22-5)12-10-16/h9-12,18-20H,1,13-14H2,2-8H3/t18-,19-,20-/m0/s1. The molecular weight excluding hydrogens is 360 g/mol. The van der Waals surface area contributed by atoms with Crippen LogP contribution in [0.2, 0.25) is 18.1 Å². The summed E-state index contributed by atoms with van der Waals surface area (Å²) in [5, 5.41) is 0.116. The summed E-state index contributed by atoms with van der Waals surface area (Å²) in [6.45, 7) is 15.7. The molecule has 0 radical (unpaired) electrons. The van der Waals surface area contributed by atoms with Gasteiger partial charge in [-0.3, -0.25) is 0 Å². The summed E-state index contributed by atoms with van der Waals surface area (Å²) in [6.07, 6.45) is -0.217. The lowest BCUT2D eigenvalue weighted by Crippen LogP contribution is -2.49. The second-order valence-corrected chi connectivity index (χ2v) is 13.2. The first-order valence-electron chi connectivity index (χ1n) is 9.38. The van der Waals surface area contributed by atoms with Crippen molar-refractivity contribution in [1.29, 1.82) is 0 Å². The monoisotopic (exact) mass is 394 g/mol. The van der Waals surface area contributed by atoms with E-state index in [1.807, 2.05) is 24.3 Å². The zero-order valence-electron chi connectivity index (χ0n) is 17.7. The van der Waals surface area contributed by atoms with E-state index < -0.39 is 14.6 Å². The van der Waals surface area contributed by atoms with Gasteiger partial charge in [0.1, 0.15) is 23.7 Å². The number of hydrogen-bond donors (Lipinski definition) is 0. The molecule has 1 fully saturated rings. The maximum Gasteiger partial charge on any atom is 0.225 e. The van der Waals surface area contributed by atoms with E-state index in [9.17, 15) is 0 Å². The van der Waals surface area contributed by atoms with Gasteiger partial charge in [0, 0.05) is 13.5 Å². The van der Waals surface area contributed by atoms with Crippen molar-refractivity contribution in [3.05, 3.63) is 42.2 Å². The van der Waals surface area contributed by atoms with Gasteiger partial charge in [-0.1, -0.05) is 39.5 Å². The molecule has 1 aromatic rings. The van der Waals surface area contributed by atoms with Gasteiger partial charge in [0.25, 0.3) is 0 Å². The quantitative estimate of drug-likeness (QED) is 0.617. The molecule has 0 N–H and O–H groups in total. The lowest BCUT2D eigenvalue weighted by Gasteiger charge is -2.43. The highest BCUT2D eigenvalue weighted by atomic mass is 28.4. The molecule has 0 bridgehead atoms. The lowest BCUT2D eigenvalue weighted by molar-refractivity contribution is -0.212. The largest absolute Gasteiger partial charge is 0.497 e. The number of rotatable bonds is 7. The molecule has 152 valence electrons. The molecule has 0 aromatic heterocycles. The van der Waals surface area contributed by atoms with E-state index in [1.165, 1.54) is 0 Å². The smallest absolute Gasteiger partial charge is 0.225 e. The highest BCUT2D eigenvalue weighted by Crippen LogP contribution is 2.40. The third kappa shape index (κ3) is 5.57. The van der Waals surface area contributed by atoms with Gasteiger partial charge in [0.2, 0.25) is 6.29 Å². The first-order chi connectivity index (χ1) is 12.6. The van der Waals surface area contributed by atoms with E-state index in [0.29, 0.717) is 18.8 Å². The van der Waals surface area contributed by atoms with Crippen LogP contribution in [0.3, 0.4) is 0 Å². The zero-order chi connectivity index (χ0) is 20.2. The Labute approximate surface area is 164 Å². The molecule has 0 unspecified atom stereocenters. The average Bonchev–Trinajstić information content (AvgIpc) is 2.61. The fourth-order valence-corrected chi connectivity index (χ4v) is 3.96. The Balaban J connectivity index is 2.03. The van der Waals surface area contributed by atoms with Gasteiger partial charge in [-0.05, 0) is 35.8 Å². The predicted molar refractivity (Wildman–Crippen MR) is 109 cm³/mol. The van der Waals surface area contributed by atoms with Crippen LogP contribution in [-0.4, -0.2) is 41.0 Å². The van der Waals surface area contributed by atoms with Crippen molar-refractivity contribution in [3.63, 3.8) is 0 Å². The van der Waals surface area contributed by atoms with Crippen molar-refractivity contribution < 1.29 is 23.4 Å². The van der Waals surface area contributed by atoms with E-state index in [2.05, 4.69) is 40.4 Å². The Morgan fingerprint density at radius 1 is 1.15 bits per heavy atom. The summed E-state index contributed by atoms with van der Waals surface area (Å²) in [6, 6.07) is 7.84. The Morgan fingerprint density at radius 2 is 1.78 bits per heavy atom. The first-order valence-corrected chi connectivity index (χ1v) is 12.3. The normalized spacial score (nSPS) is 23.8. The van der Waals surface area contributed by atoms with Crippen LogP contribution in [0.25, 0.3) is 0 Å². The van der Waals surface area contributed by atoms with Crippen molar-refractivity contribution in [2.75, 3.05) is 14.2 Å². The van der Waals surface area contributed by atoms with Crippen LogP contribution < -0.4 is 4.74 Å². The molecule has 6 heteroatoms. The van der Waals surface area contributed by atoms with Crippen LogP contribution in [0.1, 0.15) is 32.8 Å². The summed E-state index contributed by atoms with van der Waals surface area (Å²) in [5.74, 6) is 1.45. The van der Waals surface area contributed by atoms with Gasteiger partial charge >= 0.3 is 0 Å². The average molecular weight is 395 g/mol. The molecule has 0 aliphatic carbocycles. The molecule has 0 saturated carbocycles. The SMILES string of the molecule is C=C1O[C@H](OC)[C@@H](OCc2ccc(OC)cc2)C[C@@H]1O[Si](C)(C)C(C)(C)C. The van der Waals surface area contributed by atoms with E-state index in [0.717, 1.165) is 11.3 Å². The molecule has 5 nitrogen and oxygen atoms in total. The molecule has 1 aliphatic heterocycles. The summed E-state index contributed by atoms with van der Waals surface area (Å²) in [5.41, 5.74) is 1.07. The first kappa shape index (κ1) is 22.0. The maximum absolute atomic E-state index is 6.52. The van der Waals surface area contributed by atoms with Gasteiger partial charge < -0.3 is 23.4 Å². The van der Waals surface area contributed by atoms with E-state index in [4.69, 9.17) is 23.4 Å². The minimum absolute atomic E-state index is 0.116. The van der Waals surface area contributed by atoms with Gasteiger partial charge in [0.15, 0.2) is 8.32 Å². The minimum atomic E-state index is -1.94. The molecule has 0 amide bonds. The molecule has 27 heavy (non-hydrogen) atoms. The van der Waals surface area contributed by atoms with Crippen molar-refractivity contribution in [2.24, 2.45) is 0 Å².